The Kier molecular flexibility index (Phi) is 5.75. The molecule has 1 atom stereocenters. The van der Waals surface area contributed by atoms with Crippen molar-refractivity contribution in [2.75, 3.05) is 26.2 Å². The topological polar surface area (TPSA) is 67.4 Å². The predicted octanol–water partition coefficient (Wildman–Crippen LogP) is 1.38. The van der Waals surface area contributed by atoms with Gasteiger partial charge in [0.1, 0.15) is 5.75 Å². The SMILES string of the molecule is CC(=O)c1cccc(OCC(=O)NCCC2CCNC2)c1. The van der Waals surface area contributed by atoms with Crippen molar-refractivity contribution in [1.82, 2.24) is 10.6 Å². The molecule has 0 saturated carbocycles. The van der Waals surface area contributed by atoms with Gasteiger partial charge in [0.05, 0.1) is 0 Å². The quantitative estimate of drug-likeness (QED) is 0.745. The Morgan fingerprint density at radius 2 is 2.29 bits per heavy atom. The highest BCUT2D eigenvalue weighted by atomic mass is 16.5. The van der Waals surface area contributed by atoms with Gasteiger partial charge in [-0.25, -0.2) is 0 Å². The number of amides is 1. The second kappa shape index (κ2) is 7.78. The van der Waals surface area contributed by atoms with E-state index >= 15 is 0 Å². The first-order valence-electron chi connectivity index (χ1n) is 7.36. The molecular formula is C16H22N2O3. The lowest BCUT2D eigenvalue weighted by molar-refractivity contribution is -0.123. The highest BCUT2D eigenvalue weighted by Crippen LogP contribution is 2.13. The van der Waals surface area contributed by atoms with Gasteiger partial charge < -0.3 is 15.4 Å². The number of hydrogen-bond donors (Lipinski definition) is 2. The summed E-state index contributed by atoms with van der Waals surface area (Å²) in [5, 5.41) is 6.17. The number of carbonyl (C=O) groups is 2. The summed E-state index contributed by atoms with van der Waals surface area (Å²) in [5.41, 5.74) is 0.585. The average Bonchev–Trinajstić information content (AvgIpc) is 2.99. The van der Waals surface area contributed by atoms with E-state index in [0.717, 1.165) is 19.5 Å². The molecule has 1 aliphatic rings. The van der Waals surface area contributed by atoms with Crippen LogP contribution in [0.5, 0.6) is 5.75 Å². The summed E-state index contributed by atoms with van der Waals surface area (Å²) in [7, 11) is 0. The Labute approximate surface area is 125 Å². The summed E-state index contributed by atoms with van der Waals surface area (Å²) in [6, 6.07) is 6.87. The Bertz CT molecular complexity index is 496. The van der Waals surface area contributed by atoms with E-state index in [1.807, 2.05) is 0 Å². The Morgan fingerprint density at radius 1 is 1.43 bits per heavy atom. The van der Waals surface area contributed by atoms with Crippen LogP contribution >= 0.6 is 0 Å². The van der Waals surface area contributed by atoms with Gasteiger partial charge in [-0.05, 0) is 50.9 Å². The van der Waals surface area contributed by atoms with Crippen LogP contribution in [0.15, 0.2) is 24.3 Å². The molecule has 5 nitrogen and oxygen atoms in total. The first-order valence-corrected chi connectivity index (χ1v) is 7.36. The summed E-state index contributed by atoms with van der Waals surface area (Å²) in [4.78, 5) is 23.0. The van der Waals surface area contributed by atoms with Crippen LogP contribution in [0.25, 0.3) is 0 Å². The molecule has 1 saturated heterocycles. The molecule has 1 aliphatic heterocycles. The van der Waals surface area contributed by atoms with Gasteiger partial charge in [-0.1, -0.05) is 12.1 Å². The summed E-state index contributed by atoms with van der Waals surface area (Å²) in [6.07, 6.45) is 2.18. The van der Waals surface area contributed by atoms with Crippen molar-refractivity contribution in [2.45, 2.75) is 19.8 Å². The summed E-state index contributed by atoms with van der Waals surface area (Å²) in [5.74, 6) is 1.06. The van der Waals surface area contributed by atoms with Gasteiger partial charge in [0, 0.05) is 12.1 Å². The van der Waals surface area contributed by atoms with Crippen LogP contribution in [0.4, 0.5) is 0 Å². The molecule has 114 valence electrons. The lowest BCUT2D eigenvalue weighted by Crippen LogP contribution is -2.30. The van der Waals surface area contributed by atoms with Gasteiger partial charge in [0.25, 0.3) is 5.91 Å². The first kappa shape index (κ1) is 15.5. The van der Waals surface area contributed by atoms with E-state index in [1.165, 1.54) is 13.3 Å². The van der Waals surface area contributed by atoms with Gasteiger partial charge in [-0.3, -0.25) is 9.59 Å². The van der Waals surface area contributed by atoms with Crippen molar-refractivity contribution < 1.29 is 14.3 Å². The lowest BCUT2D eigenvalue weighted by Gasteiger charge is -2.10. The number of hydrogen-bond acceptors (Lipinski definition) is 4. The molecule has 1 unspecified atom stereocenters. The van der Waals surface area contributed by atoms with E-state index in [9.17, 15) is 9.59 Å². The maximum absolute atomic E-state index is 11.7. The third-order valence-corrected chi connectivity index (χ3v) is 3.65. The molecule has 2 rings (SSSR count). The lowest BCUT2D eigenvalue weighted by atomic mass is 10.1. The van der Waals surface area contributed by atoms with Crippen LogP contribution in [0.1, 0.15) is 30.1 Å². The number of nitrogens with one attached hydrogen (secondary N) is 2. The second-order valence-electron chi connectivity index (χ2n) is 5.37. The number of carbonyl (C=O) groups excluding carboxylic acids is 2. The number of ketones is 1. The maximum Gasteiger partial charge on any atom is 0.257 e. The Hall–Kier alpha value is -1.88. The molecule has 1 aromatic carbocycles. The van der Waals surface area contributed by atoms with E-state index in [0.29, 0.717) is 23.8 Å². The number of Topliss-reactive ketones (excluding diaryl/α,β-unsaturated/α-hetero) is 1. The predicted molar refractivity (Wildman–Crippen MR) is 80.5 cm³/mol. The van der Waals surface area contributed by atoms with Crippen molar-refractivity contribution in [2.24, 2.45) is 5.92 Å². The third-order valence-electron chi connectivity index (χ3n) is 3.65. The number of rotatable bonds is 7. The van der Waals surface area contributed by atoms with Crippen molar-refractivity contribution >= 4 is 11.7 Å². The minimum Gasteiger partial charge on any atom is -0.484 e. The molecule has 0 bridgehead atoms. The highest BCUT2D eigenvalue weighted by Gasteiger charge is 2.14. The van der Waals surface area contributed by atoms with E-state index in [1.54, 1.807) is 24.3 Å². The smallest absolute Gasteiger partial charge is 0.257 e. The Balaban J connectivity index is 1.68. The zero-order valence-corrected chi connectivity index (χ0v) is 12.4. The Morgan fingerprint density at radius 3 is 3.00 bits per heavy atom. The molecule has 0 aromatic heterocycles. The number of benzene rings is 1. The van der Waals surface area contributed by atoms with E-state index in [2.05, 4.69) is 10.6 Å². The molecule has 2 N–H and O–H groups in total. The van der Waals surface area contributed by atoms with Gasteiger partial charge in [0.2, 0.25) is 0 Å². The normalized spacial score (nSPS) is 17.5. The summed E-state index contributed by atoms with van der Waals surface area (Å²) in [6.45, 7) is 4.29. The monoisotopic (exact) mass is 290 g/mol. The van der Waals surface area contributed by atoms with Crippen LogP contribution in [0.3, 0.4) is 0 Å². The van der Waals surface area contributed by atoms with Crippen LogP contribution in [-0.2, 0) is 4.79 Å². The average molecular weight is 290 g/mol. The number of ether oxygens (including phenoxy) is 1. The molecule has 0 aliphatic carbocycles. The van der Waals surface area contributed by atoms with E-state index in [4.69, 9.17) is 4.74 Å². The van der Waals surface area contributed by atoms with Crippen molar-refractivity contribution in [3.05, 3.63) is 29.8 Å². The fraction of sp³-hybridized carbons (Fsp3) is 0.500. The van der Waals surface area contributed by atoms with Gasteiger partial charge in [0.15, 0.2) is 12.4 Å². The molecule has 0 spiro atoms. The van der Waals surface area contributed by atoms with E-state index < -0.39 is 0 Å². The van der Waals surface area contributed by atoms with Crippen molar-refractivity contribution in [1.29, 1.82) is 0 Å². The van der Waals surface area contributed by atoms with Crippen LogP contribution in [0.2, 0.25) is 0 Å². The fourth-order valence-corrected chi connectivity index (χ4v) is 2.38. The van der Waals surface area contributed by atoms with Crippen LogP contribution < -0.4 is 15.4 Å². The molecule has 1 fully saturated rings. The van der Waals surface area contributed by atoms with Crippen LogP contribution in [0, 0.1) is 5.92 Å². The summed E-state index contributed by atoms with van der Waals surface area (Å²) >= 11 is 0. The minimum atomic E-state index is -0.130. The largest absolute Gasteiger partial charge is 0.484 e. The van der Waals surface area contributed by atoms with Crippen molar-refractivity contribution in [3.63, 3.8) is 0 Å². The molecule has 1 amide bonds. The molecule has 0 radical (unpaired) electrons. The third kappa shape index (κ3) is 5.19. The van der Waals surface area contributed by atoms with Crippen LogP contribution in [-0.4, -0.2) is 37.9 Å². The zero-order valence-electron chi connectivity index (χ0n) is 12.4. The highest BCUT2D eigenvalue weighted by molar-refractivity contribution is 5.94. The molecule has 5 heteroatoms. The van der Waals surface area contributed by atoms with Gasteiger partial charge in [-0.2, -0.15) is 0 Å². The second-order valence-corrected chi connectivity index (χ2v) is 5.37. The summed E-state index contributed by atoms with van der Waals surface area (Å²) < 4.78 is 5.40. The first-order chi connectivity index (χ1) is 10.1. The minimum absolute atomic E-state index is 0.0184. The van der Waals surface area contributed by atoms with E-state index in [-0.39, 0.29) is 18.3 Å². The molecule has 1 aromatic rings. The maximum atomic E-state index is 11.7. The van der Waals surface area contributed by atoms with Gasteiger partial charge in [-0.15, -0.1) is 0 Å². The fourth-order valence-electron chi connectivity index (χ4n) is 2.38. The van der Waals surface area contributed by atoms with Gasteiger partial charge >= 0.3 is 0 Å². The zero-order chi connectivity index (χ0) is 15.1. The molecule has 1 heterocycles. The van der Waals surface area contributed by atoms with Crippen molar-refractivity contribution in [3.8, 4) is 5.75 Å². The molecular weight excluding hydrogens is 268 g/mol. The molecule has 21 heavy (non-hydrogen) atoms. The standard InChI is InChI=1S/C16H22N2O3/c1-12(19)14-3-2-4-15(9-14)21-11-16(20)18-8-6-13-5-7-17-10-13/h2-4,9,13,17H,5-8,10-11H2,1H3,(H,18,20).